The molecule has 1 atom stereocenters. The quantitative estimate of drug-likeness (QED) is 0.706. The van der Waals surface area contributed by atoms with E-state index in [1.807, 2.05) is 0 Å². The van der Waals surface area contributed by atoms with Crippen molar-refractivity contribution < 1.29 is 10.2 Å². The van der Waals surface area contributed by atoms with Crippen LogP contribution in [0.5, 0.6) is 0 Å². The van der Waals surface area contributed by atoms with E-state index in [1.54, 1.807) is 0 Å². The van der Waals surface area contributed by atoms with Gasteiger partial charge in [0, 0.05) is 24.6 Å². The maximum Gasteiger partial charge on any atom is 0.0585 e. The highest BCUT2D eigenvalue weighted by molar-refractivity contribution is 5.34. The Morgan fingerprint density at radius 2 is 1.84 bits per heavy atom. The molecule has 0 aliphatic carbocycles. The van der Waals surface area contributed by atoms with Crippen molar-refractivity contribution in [2.24, 2.45) is 0 Å². The van der Waals surface area contributed by atoms with Gasteiger partial charge in [-0.05, 0) is 37.0 Å². The van der Waals surface area contributed by atoms with Gasteiger partial charge in [-0.15, -0.1) is 0 Å². The first-order chi connectivity index (χ1) is 8.90. The third kappa shape index (κ3) is 4.60. The van der Waals surface area contributed by atoms with Crippen molar-refractivity contribution in [1.82, 2.24) is 5.32 Å². The van der Waals surface area contributed by atoms with Crippen molar-refractivity contribution in [3.63, 3.8) is 0 Å². The van der Waals surface area contributed by atoms with Crippen LogP contribution in [-0.4, -0.2) is 36.0 Å². The normalized spacial score (nSPS) is 13.6. The van der Waals surface area contributed by atoms with Crippen LogP contribution in [-0.2, 0) is 5.41 Å². The molecule has 0 fully saturated rings. The molecule has 3 heteroatoms. The molecule has 0 saturated heterocycles. The first-order valence-corrected chi connectivity index (χ1v) is 6.93. The minimum absolute atomic E-state index is 0.00133. The lowest BCUT2D eigenvalue weighted by atomic mass is 9.83. The van der Waals surface area contributed by atoms with Crippen LogP contribution in [0.3, 0.4) is 0 Å². The van der Waals surface area contributed by atoms with Crippen molar-refractivity contribution in [3.8, 4) is 0 Å². The fraction of sp³-hybridized carbons (Fsp3) is 0.625. The summed E-state index contributed by atoms with van der Waals surface area (Å²) in [5.74, 6) is 0. The van der Waals surface area contributed by atoms with Gasteiger partial charge in [0.15, 0.2) is 0 Å². The van der Waals surface area contributed by atoms with Gasteiger partial charge in [0.25, 0.3) is 0 Å². The lowest BCUT2D eigenvalue weighted by Crippen LogP contribution is -2.41. The Labute approximate surface area is 116 Å². The van der Waals surface area contributed by atoms with E-state index in [0.717, 1.165) is 6.54 Å². The predicted octanol–water partition coefficient (Wildman–Crippen LogP) is 1.91. The molecule has 0 radical (unpaired) electrons. The average Bonchev–Trinajstić information content (AvgIpc) is 2.37. The van der Waals surface area contributed by atoms with Gasteiger partial charge in [-0.25, -0.2) is 0 Å². The highest BCUT2D eigenvalue weighted by atomic mass is 16.3. The maximum atomic E-state index is 9.23. The molecule has 0 aliphatic rings. The highest BCUT2D eigenvalue weighted by Crippen LogP contribution is 2.24. The van der Waals surface area contributed by atoms with Gasteiger partial charge in [-0.3, -0.25) is 0 Å². The van der Waals surface area contributed by atoms with Crippen LogP contribution < -0.4 is 5.32 Å². The van der Waals surface area contributed by atoms with Crippen LogP contribution in [0.25, 0.3) is 0 Å². The smallest absolute Gasteiger partial charge is 0.0585 e. The molecule has 0 saturated carbocycles. The molecule has 0 aliphatic heterocycles. The molecule has 1 aromatic rings. The van der Waals surface area contributed by atoms with Gasteiger partial charge in [-0.2, -0.15) is 0 Å². The number of benzene rings is 1. The zero-order valence-corrected chi connectivity index (χ0v) is 12.5. The number of hydrogen-bond donors (Lipinski definition) is 3. The van der Waals surface area contributed by atoms with Gasteiger partial charge in [0.1, 0.15) is 0 Å². The number of aliphatic hydroxyl groups excluding tert-OH is 2. The molecule has 1 unspecified atom stereocenters. The minimum Gasteiger partial charge on any atom is -0.396 e. The van der Waals surface area contributed by atoms with E-state index in [9.17, 15) is 5.11 Å². The molecule has 3 N–H and O–H groups in total. The van der Waals surface area contributed by atoms with Crippen molar-refractivity contribution >= 4 is 0 Å². The Balaban J connectivity index is 2.71. The Morgan fingerprint density at radius 3 is 2.37 bits per heavy atom. The predicted molar refractivity (Wildman–Crippen MR) is 79.5 cm³/mol. The summed E-state index contributed by atoms with van der Waals surface area (Å²) in [6.07, 6.45) is 0.583. The first kappa shape index (κ1) is 16.2. The summed E-state index contributed by atoms with van der Waals surface area (Å²) in [4.78, 5) is 0. The summed E-state index contributed by atoms with van der Waals surface area (Å²) in [5.41, 5.74) is 3.91. The second-order valence-corrected chi connectivity index (χ2v) is 5.96. The van der Waals surface area contributed by atoms with Gasteiger partial charge in [0.2, 0.25) is 0 Å². The largest absolute Gasteiger partial charge is 0.396 e. The summed E-state index contributed by atoms with van der Waals surface area (Å²) in [6, 6.07) is 6.53. The monoisotopic (exact) mass is 265 g/mol. The Bertz CT molecular complexity index is 402. The van der Waals surface area contributed by atoms with E-state index in [0.29, 0.717) is 6.42 Å². The Kier molecular flexibility index (Phi) is 5.98. The lowest BCUT2D eigenvalue weighted by Gasteiger charge is -2.29. The molecule has 19 heavy (non-hydrogen) atoms. The molecule has 0 amide bonds. The number of aryl methyl sites for hydroxylation is 2. The average molecular weight is 265 g/mol. The van der Waals surface area contributed by atoms with E-state index in [1.165, 1.54) is 16.7 Å². The summed E-state index contributed by atoms with van der Waals surface area (Å²) >= 11 is 0. The molecule has 0 bridgehead atoms. The number of nitrogens with one attached hydrogen (secondary N) is 1. The molecular weight excluding hydrogens is 238 g/mol. The molecule has 0 heterocycles. The first-order valence-electron chi connectivity index (χ1n) is 6.93. The van der Waals surface area contributed by atoms with Gasteiger partial charge in [0.05, 0.1) is 6.61 Å². The maximum absolute atomic E-state index is 9.23. The second kappa shape index (κ2) is 7.04. The number of rotatable bonds is 7. The lowest BCUT2D eigenvalue weighted by molar-refractivity contribution is 0.195. The molecule has 108 valence electrons. The van der Waals surface area contributed by atoms with Gasteiger partial charge < -0.3 is 15.5 Å². The third-order valence-electron chi connectivity index (χ3n) is 3.82. The zero-order chi connectivity index (χ0) is 14.5. The fourth-order valence-corrected chi connectivity index (χ4v) is 2.08. The van der Waals surface area contributed by atoms with E-state index < -0.39 is 0 Å². The number of aliphatic hydroxyl groups is 2. The fourth-order valence-electron chi connectivity index (χ4n) is 2.08. The Morgan fingerprint density at radius 1 is 1.16 bits per heavy atom. The van der Waals surface area contributed by atoms with Crippen molar-refractivity contribution in [1.29, 1.82) is 0 Å². The van der Waals surface area contributed by atoms with Crippen LogP contribution in [0.2, 0.25) is 0 Å². The standard InChI is InChI=1S/C16H27NO2/c1-12-5-6-14(9-13(12)2)16(3,4)11-17-15(10-19)7-8-18/h5-6,9,15,17-19H,7-8,10-11H2,1-4H3. The topological polar surface area (TPSA) is 52.5 Å². The highest BCUT2D eigenvalue weighted by Gasteiger charge is 2.22. The molecule has 1 aromatic carbocycles. The van der Waals surface area contributed by atoms with Crippen molar-refractivity contribution in [2.45, 2.75) is 45.6 Å². The summed E-state index contributed by atoms with van der Waals surface area (Å²) in [6.45, 7) is 9.57. The molecule has 3 nitrogen and oxygen atoms in total. The van der Waals surface area contributed by atoms with Crippen molar-refractivity contribution in [2.75, 3.05) is 19.8 Å². The van der Waals surface area contributed by atoms with Crippen LogP contribution >= 0.6 is 0 Å². The summed E-state index contributed by atoms with van der Waals surface area (Å²) in [5, 5.41) is 21.5. The number of hydrogen-bond acceptors (Lipinski definition) is 3. The van der Waals surface area contributed by atoms with E-state index in [4.69, 9.17) is 5.11 Å². The molecule has 0 spiro atoms. The van der Waals surface area contributed by atoms with Crippen LogP contribution in [0.15, 0.2) is 18.2 Å². The van der Waals surface area contributed by atoms with E-state index in [-0.39, 0.29) is 24.7 Å². The summed E-state index contributed by atoms with van der Waals surface area (Å²) in [7, 11) is 0. The SMILES string of the molecule is Cc1ccc(C(C)(C)CNC(CO)CCO)cc1C. The van der Waals surface area contributed by atoms with E-state index in [2.05, 4.69) is 51.2 Å². The molecule has 1 rings (SSSR count). The van der Waals surface area contributed by atoms with Crippen LogP contribution in [0.4, 0.5) is 0 Å². The van der Waals surface area contributed by atoms with E-state index >= 15 is 0 Å². The Hall–Kier alpha value is -0.900. The summed E-state index contributed by atoms with van der Waals surface area (Å²) < 4.78 is 0. The second-order valence-electron chi connectivity index (χ2n) is 5.96. The van der Waals surface area contributed by atoms with Gasteiger partial charge >= 0.3 is 0 Å². The van der Waals surface area contributed by atoms with Crippen LogP contribution in [0, 0.1) is 13.8 Å². The minimum atomic E-state index is -0.0316. The zero-order valence-electron chi connectivity index (χ0n) is 12.5. The van der Waals surface area contributed by atoms with Gasteiger partial charge in [-0.1, -0.05) is 32.0 Å². The molecular formula is C16H27NO2. The van der Waals surface area contributed by atoms with Crippen LogP contribution in [0.1, 0.15) is 37.0 Å². The third-order valence-corrected chi connectivity index (χ3v) is 3.82. The molecule has 0 aromatic heterocycles. The van der Waals surface area contributed by atoms with Crippen molar-refractivity contribution in [3.05, 3.63) is 34.9 Å².